The summed E-state index contributed by atoms with van der Waals surface area (Å²) in [6.45, 7) is 0.759. The van der Waals surface area contributed by atoms with Crippen molar-refractivity contribution in [1.82, 2.24) is 0 Å². The first kappa shape index (κ1) is 10.5. The molecule has 3 aliphatic rings. The summed E-state index contributed by atoms with van der Waals surface area (Å²) in [6.07, 6.45) is 4.81. The van der Waals surface area contributed by atoms with Gasteiger partial charge in [0.15, 0.2) is 11.9 Å². The molecule has 0 radical (unpaired) electrons. The van der Waals surface area contributed by atoms with Crippen LogP contribution in [0.2, 0.25) is 0 Å². The van der Waals surface area contributed by atoms with Crippen LogP contribution in [0.5, 0.6) is 0 Å². The summed E-state index contributed by atoms with van der Waals surface area (Å²) in [5.41, 5.74) is 0. The first-order valence-electron chi connectivity index (χ1n) is 6.15. The van der Waals surface area contributed by atoms with Gasteiger partial charge >= 0.3 is 5.97 Å². The molecule has 2 saturated heterocycles. The van der Waals surface area contributed by atoms with Gasteiger partial charge in [-0.25, -0.2) is 4.79 Å². The maximum Gasteiger partial charge on any atom is 0.335 e. The number of rotatable bonds is 1. The lowest BCUT2D eigenvalue weighted by atomic mass is 9.88. The van der Waals surface area contributed by atoms with Crippen molar-refractivity contribution in [1.29, 1.82) is 0 Å². The Morgan fingerprint density at radius 1 is 1.44 bits per heavy atom. The number of fused-ring (bicyclic) bond motifs is 3. The minimum atomic E-state index is -0.466. The largest absolute Gasteiger partial charge is 0.467 e. The second kappa shape index (κ2) is 3.70. The molecule has 3 rings (SSSR count). The molecule has 0 aromatic heterocycles. The van der Waals surface area contributed by atoms with Crippen LogP contribution >= 0.6 is 0 Å². The summed E-state index contributed by atoms with van der Waals surface area (Å²) in [6, 6.07) is 0. The van der Waals surface area contributed by atoms with E-state index in [-0.39, 0.29) is 5.97 Å². The van der Waals surface area contributed by atoms with Crippen molar-refractivity contribution in [3.63, 3.8) is 0 Å². The maximum atomic E-state index is 11.7. The predicted octanol–water partition coefficient (Wildman–Crippen LogP) is 1.48. The number of hydrogen-bond donors (Lipinski definition) is 0. The Balaban J connectivity index is 1.84. The molecule has 2 heterocycles. The third kappa shape index (κ3) is 1.39. The molecular formula is C12H18O4. The van der Waals surface area contributed by atoms with Crippen molar-refractivity contribution in [2.75, 3.05) is 13.7 Å². The highest BCUT2D eigenvalue weighted by Crippen LogP contribution is 2.52. The Labute approximate surface area is 95.2 Å². The van der Waals surface area contributed by atoms with Gasteiger partial charge in [-0.3, -0.25) is 0 Å². The molecule has 4 nitrogen and oxygen atoms in total. The lowest BCUT2D eigenvalue weighted by Gasteiger charge is -2.41. The second-order valence-electron chi connectivity index (χ2n) is 5.10. The van der Waals surface area contributed by atoms with E-state index in [1.165, 1.54) is 7.11 Å². The Bertz CT molecular complexity index is 295. The van der Waals surface area contributed by atoms with Gasteiger partial charge in [0.2, 0.25) is 0 Å². The van der Waals surface area contributed by atoms with E-state index in [4.69, 9.17) is 14.2 Å². The van der Waals surface area contributed by atoms with Crippen LogP contribution < -0.4 is 0 Å². The molecule has 0 N–H and O–H groups in total. The van der Waals surface area contributed by atoms with E-state index in [9.17, 15) is 4.79 Å². The Morgan fingerprint density at radius 2 is 2.31 bits per heavy atom. The molecule has 4 atom stereocenters. The highest BCUT2D eigenvalue weighted by molar-refractivity contribution is 5.75. The summed E-state index contributed by atoms with van der Waals surface area (Å²) in [7, 11) is 1.43. The fourth-order valence-electron chi connectivity index (χ4n) is 3.51. The van der Waals surface area contributed by atoms with Gasteiger partial charge in [0.05, 0.1) is 13.7 Å². The van der Waals surface area contributed by atoms with Gasteiger partial charge in [-0.2, -0.15) is 0 Å². The van der Waals surface area contributed by atoms with E-state index in [1.807, 2.05) is 0 Å². The SMILES string of the molecule is COC(=O)[C@H]1O[C@]2(CCCO2)[C@@H]2CC[C@H]1C2. The third-order valence-electron chi connectivity index (χ3n) is 4.30. The maximum absolute atomic E-state index is 11.7. The molecule has 16 heavy (non-hydrogen) atoms. The zero-order chi connectivity index (χ0) is 11.2. The Morgan fingerprint density at radius 3 is 3.00 bits per heavy atom. The fraction of sp³-hybridized carbons (Fsp3) is 0.917. The molecular weight excluding hydrogens is 208 g/mol. The van der Waals surface area contributed by atoms with Crippen LogP contribution in [-0.2, 0) is 19.0 Å². The summed E-state index contributed by atoms with van der Waals surface area (Å²) in [5.74, 6) is 0.125. The molecule has 0 unspecified atom stereocenters. The molecule has 2 aliphatic heterocycles. The lowest BCUT2D eigenvalue weighted by molar-refractivity contribution is -0.284. The van der Waals surface area contributed by atoms with Gasteiger partial charge in [-0.1, -0.05) is 0 Å². The zero-order valence-corrected chi connectivity index (χ0v) is 9.61. The summed E-state index contributed by atoms with van der Waals surface area (Å²) < 4.78 is 16.6. The molecule has 0 amide bonds. The van der Waals surface area contributed by atoms with Crippen LogP contribution in [-0.4, -0.2) is 31.6 Å². The van der Waals surface area contributed by atoms with E-state index in [2.05, 4.69) is 0 Å². The highest BCUT2D eigenvalue weighted by Gasteiger charge is 2.56. The van der Waals surface area contributed by atoms with Crippen molar-refractivity contribution in [2.45, 2.75) is 44.0 Å². The van der Waals surface area contributed by atoms with Crippen LogP contribution in [0, 0.1) is 11.8 Å². The van der Waals surface area contributed by atoms with Crippen LogP contribution in [0.3, 0.4) is 0 Å². The molecule has 1 aliphatic carbocycles. The molecule has 4 heteroatoms. The normalized spacial score (nSPS) is 46.2. The number of methoxy groups -OCH3 is 1. The first-order valence-corrected chi connectivity index (χ1v) is 6.15. The smallest absolute Gasteiger partial charge is 0.335 e. The van der Waals surface area contributed by atoms with E-state index >= 15 is 0 Å². The van der Waals surface area contributed by atoms with Crippen molar-refractivity contribution in [3.8, 4) is 0 Å². The quantitative estimate of drug-likeness (QED) is 0.635. The average molecular weight is 226 g/mol. The Hall–Kier alpha value is -0.610. The van der Waals surface area contributed by atoms with Crippen molar-refractivity contribution >= 4 is 5.97 Å². The first-order chi connectivity index (χ1) is 7.75. The molecule has 3 fully saturated rings. The predicted molar refractivity (Wildman–Crippen MR) is 55.6 cm³/mol. The van der Waals surface area contributed by atoms with Crippen molar-refractivity contribution in [3.05, 3.63) is 0 Å². The van der Waals surface area contributed by atoms with Gasteiger partial charge in [0.25, 0.3) is 0 Å². The monoisotopic (exact) mass is 226 g/mol. The number of carbonyl (C=O) groups is 1. The number of hydrogen-bond acceptors (Lipinski definition) is 4. The summed E-state index contributed by atoms with van der Waals surface area (Å²) in [4.78, 5) is 11.7. The molecule has 1 spiro atoms. The topological polar surface area (TPSA) is 44.8 Å². The van der Waals surface area contributed by atoms with E-state index in [1.54, 1.807) is 0 Å². The summed E-state index contributed by atoms with van der Waals surface area (Å²) in [5, 5.41) is 0. The lowest BCUT2D eigenvalue weighted by Crippen LogP contribution is -2.50. The summed E-state index contributed by atoms with van der Waals surface area (Å²) >= 11 is 0. The zero-order valence-electron chi connectivity index (χ0n) is 9.61. The van der Waals surface area contributed by atoms with Gasteiger partial charge < -0.3 is 14.2 Å². The van der Waals surface area contributed by atoms with E-state index in [0.29, 0.717) is 11.8 Å². The van der Waals surface area contributed by atoms with Crippen LogP contribution in [0.15, 0.2) is 0 Å². The number of ether oxygens (including phenoxy) is 3. The molecule has 0 aromatic rings. The van der Waals surface area contributed by atoms with Gasteiger partial charge in [-0.05, 0) is 31.6 Å². The minimum absolute atomic E-state index is 0.236. The minimum Gasteiger partial charge on any atom is -0.467 e. The second-order valence-corrected chi connectivity index (χ2v) is 5.10. The number of carbonyl (C=O) groups excluding carboxylic acids is 1. The highest BCUT2D eigenvalue weighted by atomic mass is 16.7. The third-order valence-corrected chi connectivity index (χ3v) is 4.30. The molecule has 2 bridgehead atoms. The Kier molecular flexibility index (Phi) is 2.44. The van der Waals surface area contributed by atoms with Gasteiger partial charge in [-0.15, -0.1) is 0 Å². The molecule has 1 saturated carbocycles. The van der Waals surface area contributed by atoms with Crippen LogP contribution in [0.1, 0.15) is 32.1 Å². The van der Waals surface area contributed by atoms with E-state index < -0.39 is 11.9 Å². The standard InChI is InChI=1S/C12H18O4/c1-14-11(13)10-8-3-4-9(7-8)12(16-10)5-2-6-15-12/h8-10H,2-7H2,1H3/t8-,9+,10-,12+/m0/s1. The average Bonchev–Trinajstić information content (AvgIpc) is 2.90. The molecule has 90 valence electrons. The number of esters is 1. The van der Waals surface area contributed by atoms with Crippen LogP contribution in [0.25, 0.3) is 0 Å². The van der Waals surface area contributed by atoms with Gasteiger partial charge in [0, 0.05) is 12.3 Å². The van der Waals surface area contributed by atoms with Crippen LogP contribution in [0.4, 0.5) is 0 Å². The fourth-order valence-corrected chi connectivity index (χ4v) is 3.51. The van der Waals surface area contributed by atoms with E-state index in [0.717, 1.165) is 38.7 Å². The van der Waals surface area contributed by atoms with Gasteiger partial charge in [0.1, 0.15) is 0 Å². The van der Waals surface area contributed by atoms with Crippen molar-refractivity contribution in [2.24, 2.45) is 11.8 Å². The molecule has 0 aromatic carbocycles. The van der Waals surface area contributed by atoms with Crippen molar-refractivity contribution < 1.29 is 19.0 Å².